The SMILES string of the molecule is CCC1CNC1=O. The summed E-state index contributed by atoms with van der Waals surface area (Å²) in [5.41, 5.74) is 0. The van der Waals surface area contributed by atoms with Crippen molar-refractivity contribution in [2.24, 2.45) is 5.92 Å². The minimum Gasteiger partial charge on any atom is -0.355 e. The molecule has 0 aliphatic carbocycles. The van der Waals surface area contributed by atoms with E-state index >= 15 is 0 Å². The first-order valence-corrected chi connectivity index (χ1v) is 2.62. The van der Waals surface area contributed by atoms with Crippen molar-refractivity contribution < 1.29 is 4.79 Å². The number of carbonyl (C=O) groups excluding carboxylic acids is 1. The number of hydrogen-bond donors (Lipinski definition) is 1. The highest BCUT2D eigenvalue weighted by Gasteiger charge is 2.24. The highest BCUT2D eigenvalue weighted by molar-refractivity contribution is 5.84. The van der Waals surface area contributed by atoms with Gasteiger partial charge in [-0.15, -0.1) is 0 Å². The molecule has 2 heteroatoms. The van der Waals surface area contributed by atoms with Crippen molar-refractivity contribution in [3.8, 4) is 0 Å². The van der Waals surface area contributed by atoms with Crippen molar-refractivity contribution in [1.82, 2.24) is 5.32 Å². The number of rotatable bonds is 1. The van der Waals surface area contributed by atoms with Gasteiger partial charge in [-0.25, -0.2) is 0 Å². The molecule has 0 aromatic carbocycles. The molecule has 1 aliphatic rings. The van der Waals surface area contributed by atoms with Crippen LogP contribution in [0.25, 0.3) is 0 Å². The van der Waals surface area contributed by atoms with E-state index < -0.39 is 0 Å². The maximum absolute atomic E-state index is 10.4. The zero-order valence-corrected chi connectivity index (χ0v) is 4.40. The Bertz CT molecular complexity index is 88.1. The number of nitrogens with one attached hydrogen (secondary N) is 1. The van der Waals surface area contributed by atoms with Crippen LogP contribution in [-0.4, -0.2) is 12.5 Å². The molecule has 1 unspecified atom stereocenters. The van der Waals surface area contributed by atoms with E-state index in [0.29, 0.717) is 5.92 Å². The molecule has 7 heavy (non-hydrogen) atoms. The van der Waals surface area contributed by atoms with Gasteiger partial charge in [0.15, 0.2) is 0 Å². The zero-order chi connectivity index (χ0) is 5.28. The Hall–Kier alpha value is -0.530. The van der Waals surface area contributed by atoms with E-state index in [4.69, 9.17) is 0 Å². The molecule has 0 saturated carbocycles. The Morgan fingerprint density at radius 2 is 2.71 bits per heavy atom. The van der Waals surface area contributed by atoms with E-state index in [2.05, 4.69) is 5.32 Å². The van der Waals surface area contributed by atoms with Crippen molar-refractivity contribution in [2.45, 2.75) is 13.3 Å². The number of amides is 1. The first kappa shape index (κ1) is 4.62. The van der Waals surface area contributed by atoms with Crippen LogP contribution in [0, 0.1) is 5.92 Å². The summed E-state index contributed by atoms with van der Waals surface area (Å²) < 4.78 is 0. The van der Waals surface area contributed by atoms with Crippen LogP contribution >= 0.6 is 0 Å². The van der Waals surface area contributed by atoms with Gasteiger partial charge in [-0.05, 0) is 6.42 Å². The van der Waals surface area contributed by atoms with Gasteiger partial charge in [0.2, 0.25) is 5.91 Å². The molecule has 0 aromatic heterocycles. The standard InChI is InChI=1S/C5H9NO/c1-2-4-3-6-5(4)7/h4H,2-3H2,1H3,(H,6,7). The third-order valence-corrected chi connectivity index (χ3v) is 1.39. The van der Waals surface area contributed by atoms with E-state index in [-0.39, 0.29) is 5.91 Å². The molecule has 1 fully saturated rings. The number of carbonyl (C=O) groups is 1. The van der Waals surface area contributed by atoms with E-state index in [9.17, 15) is 4.79 Å². The van der Waals surface area contributed by atoms with Crippen LogP contribution < -0.4 is 5.32 Å². The molecule has 1 amide bonds. The lowest BCUT2D eigenvalue weighted by Crippen LogP contribution is -2.47. The summed E-state index contributed by atoms with van der Waals surface area (Å²) in [5.74, 6) is 0.558. The second-order valence-electron chi connectivity index (χ2n) is 1.85. The van der Waals surface area contributed by atoms with Crippen molar-refractivity contribution in [1.29, 1.82) is 0 Å². The van der Waals surface area contributed by atoms with Crippen LogP contribution in [0.5, 0.6) is 0 Å². The second-order valence-corrected chi connectivity index (χ2v) is 1.85. The van der Waals surface area contributed by atoms with E-state index in [1.165, 1.54) is 0 Å². The molecule has 0 radical (unpaired) electrons. The van der Waals surface area contributed by atoms with Crippen LogP contribution in [0.4, 0.5) is 0 Å². The maximum Gasteiger partial charge on any atom is 0.224 e. The summed E-state index contributed by atoms with van der Waals surface area (Å²) >= 11 is 0. The van der Waals surface area contributed by atoms with E-state index in [1.54, 1.807) is 0 Å². The normalized spacial score (nSPS) is 28.7. The Morgan fingerprint density at radius 1 is 2.00 bits per heavy atom. The molecular formula is C5H9NO. The molecule has 1 saturated heterocycles. The van der Waals surface area contributed by atoms with Crippen molar-refractivity contribution >= 4 is 5.91 Å². The molecule has 1 atom stereocenters. The molecule has 2 nitrogen and oxygen atoms in total. The third kappa shape index (κ3) is 0.601. The smallest absolute Gasteiger partial charge is 0.224 e. The third-order valence-electron chi connectivity index (χ3n) is 1.39. The molecule has 1 N–H and O–H groups in total. The van der Waals surface area contributed by atoms with Gasteiger partial charge in [-0.3, -0.25) is 4.79 Å². The minimum absolute atomic E-state index is 0.225. The van der Waals surface area contributed by atoms with Gasteiger partial charge < -0.3 is 5.32 Å². The van der Waals surface area contributed by atoms with E-state index in [1.807, 2.05) is 6.92 Å². The van der Waals surface area contributed by atoms with Gasteiger partial charge in [0.25, 0.3) is 0 Å². The first-order chi connectivity index (χ1) is 3.34. The highest BCUT2D eigenvalue weighted by atomic mass is 16.2. The van der Waals surface area contributed by atoms with Crippen molar-refractivity contribution in [2.75, 3.05) is 6.54 Å². The highest BCUT2D eigenvalue weighted by Crippen LogP contribution is 2.07. The fourth-order valence-electron chi connectivity index (χ4n) is 0.659. The molecule has 40 valence electrons. The first-order valence-electron chi connectivity index (χ1n) is 2.62. The topological polar surface area (TPSA) is 29.1 Å². The van der Waals surface area contributed by atoms with Gasteiger partial charge in [0, 0.05) is 6.54 Å². The van der Waals surface area contributed by atoms with Crippen LogP contribution in [0.2, 0.25) is 0 Å². The summed E-state index contributed by atoms with van der Waals surface area (Å²) in [5, 5.41) is 2.67. The largest absolute Gasteiger partial charge is 0.355 e. The monoisotopic (exact) mass is 99.1 g/mol. The van der Waals surface area contributed by atoms with Crippen LogP contribution in [-0.2, 0) is 4.79 Å². The predicted octanol–water partition coefficient (Wildman–Crippen LogP) is 0.142. The predicted molar refractivity (Wildman–Crippen MR) is 26.8 cm³/mol. The van der Waals surface area contributed by atoms with Crippen LogP contribution in [0.3, 0.4) is 0 Å². The molecule has 0 spiro atoms. The number of hydrogen-bond acceptors (Lipinski definition) is 1. The maximum atomic E-state index is 10.4. The van der Waals surface area contributed by atoms with Crippen molar-refractivity contribution in [3.05, 3.63) is 0 Å². The minimum atomic E-state index is 0.225. The lowest BCUT2D eigenvalue weighted by Gasteiger charge is -2.23. The van der Waals surface area contributed by atoms with Crippen molar-refractivity contribution in [3.63, 3.8) is 0 Å². The summed E-state index contributed by atoms with van der Waals surface area (Å²) in [7, 11) is 0. The van der Waals surface area contributed by atoms with Gasteiger partial charge in [0.1, 0.15) is 0 Å². The molecular weight excluding hydrogens is 90.1 g/mol. The van der Waals surface area contributed by atoms with Gasteiger partial charge in [-0.2, -0.15) is 0 Å². The summed E-state index contributed by atoms with van der Waals surface area (Å²) in [6.07, 6.45) is 0.992. The quantitative estimate of drug-likeness (QED) is 0.465. The fraction of sp³-hybridized carbons (Fsp3) is 0.800. The average Bonchev–Trinajstić information content (AvgIpc) is 1.65. The Morgan fingerprint density at radius 3 is 2.71 bits per heavy atom. The van der Waals surface area contributed by atoms with Gasteiger partial charge in [-0.1, -0.05) is 6.92 Å². The summed E-state index contributed by atoms with van der Waals surface area (Å²) in [6, 6.07) is 0. The fourth-order valence-corrected chi connectivity index (χ4v) is 0.659. The molecule has 0 aromatic rings. The zero-order valence-electron chi connectivity index (χ0n) is 4.40. The molecule has 1 rings (SSSR count). The Balaban J connectivity index is 2.29. The Kier molecular flexibility index (Phi) is 1.01. The lowest BCUT2D eigenvalue weighted by atomic mass is 10.00. The average molecular weight is 99.1 g/mol. The molecule has 1 aliphatic heterocycles. The van der Waals surface area contributed by atoms with Crippen LogP contribution in [0.1, 0.15) is 13.3 Å². The lowest BCUT2D eigenvalue weighted by molar-refractivity contribution is -0.131. The summed E-state index contributed by atoms with van der Waals surface area (Å²) in [4.78, 5) is 10.4. The number of β-lactam (4-membered cyclic amide) rings is 1. The van der Waals surface area contributed by atoms with Gasteiger partial charge in [0.05, 0.1) is 5.92 Å². The summed E-state index contributed by atoms with van der Waals surface area (Å²) in [6.45, 7) is 2.93. The van der Waals surface area contributed by atoms with Crippen LogP contribution in [0.15, 0.2) is 0 Å². The molecule has 0 bridgehead atoms. The Labute approximate surface area is 42.9 Å². The molecule has 1 heterocycles. The second kappa shape index (κ2) is 1.52. The van der Waals surface area contributed by atoms with E-state index in [0.717, 1.165) is 13.0 Å². The van der Waals surface area contributed by atoms with Gasteiger partial charge >= 0.3 is 0 Å².